The molecule has 5 aromatic rings. The lowest BCUT2D eigenvalue weighted by Crippen LogP contribution is -2.39. The number of aromatic nitrogens is 5. The predicted molar refractivity (Wildman–Crippen MR) is 128 cm³/mol. The lowest BCUT2D eigenvalue weighted by atomic mass is 10.2. The molecule has 3 heterocycles. The van der Waals surface area contributed by atoms with Crippen LogP contribution in [0, 0.1) is 6.92 Å². The molecule has 0 radical (unpaired) electrons. The first-order valence-corrected chi connectivity index (χ1v) is 10.8. The molecule has 5 rings (SSSR count). The standard InChI is InChI=1S/C24H22ClN5O3/c1-15-12-29-20-21(26-23(29)28(15)13-16-8-10-18(33-3)11-9-16)27(2)24(32)30(22(20)31)14-17-6-4-5-7-19(17)25/h4-12H,13-14H2,1-3H3. The summed E-state index contributed by atoms with van der Waals surface area (Å²) in [5.74, 6) is 1.38. The molecule has 0 N–H and O–H groups in total. The number of ether oxygens (including phenoxy) is 1. The average molecular weight is 464 g/mol. The van der Waals surface area contributed by atoms with Crippen molar-refractivity contribution in [2.75, 3.05) is 7.11 Å². The monoisotopic (exact) mass is 463 g/mol. The third-order valence-corrected chi connectivity index (χ3v) is 6.30. The van der Waals surface area contributed by atoms with Gasteiger partial charge in [-0.3, -0.25) is 18.3 Å². The largest absolute Gasteiger partial charge is 0.497 e. The lowest BCUT2D eigenvalue weighted by molar-refractivity contribution is 0.414. The molecule has 9 heteroatoms. The van der Waals surface area contributed by atoms with Crippen LogP contribution in [0.1, 0.15) is 16.8 Å². The third kappa shape index (κ3) is 3.43. The maximum atomic E-state index is 13.5. The Hall–Kier alpha value is -3.78. The third-order valence-electron chi connectivity index (χ3n) is 5.93. The van der Waals surface area contributed by atoms with E-state index in [2.05, 4.69) is 4.98 Å². The summed E-state index contributed by atoms with van der Waals surface area (Å²) in [4.78, 5) is 31.2. The summed E-state index contributed by atoms with van der Waals surface area (Å²) in [6.45, 7) is 2.62. The van der Waals surface area contributed by atoms with E-state index in [1.165, 1.54) is 9.13 Å². The maximum Gasteiger partial charge on any atom is 0.332 e. The van der Waals surface area contributed by atoms with Crippen molar-refractivity contribution in [2.24, 2.45) is 7.05 Å². The number of hydrogen-bond donors (Lipinski definition) is 0. The molecular formula is C24H22ClN5O3. The van der Waals surface area contributed by atoms with Gasteiger partial charge in [0.25, 0.3) is 5.56 Å². The molecule has 0 saturated carbocycles. The van der Waals surface area contributed by atoms with Crippen LogP contribution in [0.25, 0.3) is 16.9 Å². The molecule has 0 bridgehead atoms. The number of methoxy groups -OCH3 is 1. The minimum atomic E-state index is -0.438. The summed E-state index contributed by atoms with van der Waals surface area (Å²) in [6.07, 6.45) is 1.87. The van der Waals surface area contributed by atoms with Crippen LogP contribution >= 0.6 is 11.6 Å². The Morgan fingerprint density at radius 1 is 1.00 bits per heavy atom. The second-order valence-corrected chi connectivity index (χ2v) is 8.39. The normalized spacial score (nSPS) is 11.5. The van der Waals surface area contributed by atoms with E-state index in [1.54, 1.807) is 30.7 Å². The van der Waals surface area contributed by atoms with E-state index in [9.17, 15) is 9.59 Å². The topological polar surface area (TPSA) is 75.5 Å². The molecule has 0 saturated heterocycles. The van der Waals surface area contributed by atoms with Gasteiger partial charge in [0.05, 0.1) is 20.2 Å². The lowest BCUT2D eigenvalue weighted by Gasteiger charge is -2.09. The van der Waals surface area contributed by atoms with Crippen molar-refractivity contribution in [3.8, 4) is 5.75 Å². The SMILES string of the molecule is COc1ccc(Cn2c(C)cn3c4c(=O)n(Cc5ccccc5Cl)c(=O)n(C)c4nc23)cc1. The summed E-state index contributed by atoms with van der Waals surface area (Å²) >= 11 is 6.28. The zero-order chi connectivity index (χ0) is 23.3. The fourth-order valence-corrected chi connectivity index (χ4v) is 4.30. The van der Waals surface area contributed by atoms with Crippen LogP contribution in [-0.2, 0) is 20.1 Å². The Labute approximate surface area is 193 Å². The van der Waals surface area contributed by atoms with Gasteiger partial charge in [-0.25, -0.2) is 4.79 Å². The van der Waals surface area contributed by atoms with Gasteiger partial charge in [0.15, 0.2) is 11.2 Å². The van der Waals surface area contributed by atoms with E-state index in [0.29, 0.717) is 34.1 Å². The second kappa shape index (κ2) is 7.97. The van der Waals surface area contributed by atoms with Crippen LogP contribution in [-0.4, -0.2) is 30.2 Å². The minimum Gasteiger partial charge on any atom is -0.497 e. The highest BCUT2D eigenvalue weighted by atomic mass is 35.5. The molecule has 3 aromatic heterocycles. The molecule has 0 aliphatic rings. The molecule has 0 spiro atoms. The van der Waals surface area contributed by atoms with E-state index in [0.717, 1.165) is 17.0 Å². The van der Waals surface area contributed by atoms with Crippen LogP contribution in [0.5, 0.6) is 5.75 Å². The van der Waals surface area contributed by atoms with Gasteiger partial charge in [-0.05, 0) is 36.2 Å². The van der Waals surface area contributed by atoms with Crippen LogP contribution < -0.4 is 16.0 Å². The van der Waals surface area contributed by atoms with Crippen LogP contribution in [0.3, 0.4) is 0 Å². The quantitative estimate of drug-likeness (QED) is 0.401. The van der Waals surface area contributed by atoms with E-state index in [4.69, 9.17) is 16.3 Å². The number of benzene rings is 2. The van der Waals surface area contributed by atoms with Crippen molar-refractivity contribution in [3.63, 3.8) is 0 Å². The molecule has 0 amide bonds. The van der Waals surface area contributed by atoms with Gasteiger partial charge < -0.3 is 9.30 Å². The maximum absolute atomic E-state index is 13.5. The highest BCUT2D eigenvalue weighted by Crippen LogP contribution is 2.20. The zero-order valence-corrected chi connectivity index (χ0v) is 19.2. The van der Waals surface area contributed by atoms with Gasteiger partial charge in [-0.15, -0.1) is 0 Å². The first-order chi connectivity index (χ1) is 15.9. The average Bonchev–Trinajstić information content (AvgIpc) is 3.32. The summed E-state index contributed by atoms with van der Waals surface area (Å²) in [5.41, 5.74) is 2.57. The number of fused-ring (bicyclic) bond motifs is 3. The summed E-state index contributed by atoms with van der Waals surface area (Å²) in [7, 11) is 3.26. The summed E-state index contributed by atoms with van der Waals surface area (Å²) < 4.78 is 11.6. The van der Waals surface area contributed by atoms with Crippen LogP contribution in [0.15, 0.2) is 64.3 Å². The molecule has 168 valence electrons. The Bertz CT molecular complexity index is 1620. The fraction of sp³-hybridized carbons (Fsp3) is 0.208. The first kappa shape index (κ1) is 21.1. The van der Waals surface area contributed by atoms with Crippen molar-refractivity contribution < 1.29 is 4.74 Å². The highest BCUT2D eigenvalue weighted by molar-refractivity contribution is 6.31. The predicted octanol–water partition coefficient (Wildman–Crippen LogP) is 3.22. The Balaban J connectivity index is 1.68. The Kier molecular flexibility index (Phi) is 5.09. The van der Waals surface area contributed by atoms with Gasteiger partial charge in [0.2, 0.25) is 5.78 Å². The number of imidazole rings is 2. The Morgan fingerprint density at radius 3 is 2.42 bits per heavy atom. The minimum absolute atomic E-state index is 0.0832. The molecule has 0 fully saturated rings. The van der Waals surface area contributed by atoms with Gasteiger partial charge in [0.1, 0.15) is 5.75 Å². The fourth-order valence-electron chi connectivity index (χ4n) is 4.10. The van der Waals surface area contributed by atoms with Gasteiger partial charge in [-0.1, -0.05) is 41.9 Å². The molecule has 33 heavy (non-hydrogen) atoms. The summed E-state index contributed by atoms with van der Waals surface area (Å²) in [5, 5.41) is 0.506. The molecule has 0 atom stereocenters. The Morgan fingerprint density at radius 2 is 1.73 bits per heavy atom. The van der Waals surface area contributed by atoms with Crippen molar-refractivity contribution in [1.29, 1.82) is 0 Å². The number of halogens is 1. The van der Waals surface area contributed by atoms with Crippen molar-refractivity contribution in [2.45, 2.75) is 20.0 Å². The smallest absolute Gasteiger partial charge is 0.332 e. The number of rotatable bonds is 5. The van der Waals surface area contributed by atoms with E-state index in [-0.39, 0.29) is 6.54 Å². The zero-order valence-electron chi connectivity index (χ0n) is 18.4. The molecule has 0 aliphatic heterocycles. The van der Waals surface area contributed by atoms with Crippen molar-refractivity contribution in [1.82, 2.24) is 23.1 Å². The highest BCUT2D eigenvalue weighted by Gasteiger charge is 2.20. The van der Waals surface area contributed by atoms with E-state index >= 15 is 0 Å². The van der Waals surface area contributed by atoms with E-state index in [1.807, 2.05) is 54.1 Å². The molecule has 2 aromatic carbocycles. The summed E-state index contributed by atoms with van der Waals surface area (Å²) in [6, 6.07) is 15.0. The molecule has 0 aliphatic carbocycles. The molecule has 0 unspecified atom stereocenters. The van der Waals surface area contributed by atoms with Gasteiger partial charge >= 0.3 is 5.69 Å². The van der Waals surface area contributed by atoms with Crippen LogP contribution in [0.2, 0.25) is 5.02 Å². The first-order valence-electron chi connectivity index (χ1n) is 10.4. The van der Waals surface area contributed by atoms with Crippen LogP contribution in [0.4, 0.5) is 0 Å². The van der Waals surface area contributed by atoms with Gasteiger partial charge in [0, 0.05) is 24.0 Å². The van der Waals surface area contributed by atoms with Crippen molar-refractivity contribution in [3.05, 3.63) is 97.4 Å². The number of aryl methyl sites for hydroxylation is 2. The number of nitrogens with zero attached hydrogens (tertiary/aromatic N) is 5. The van der Waals surface area contributed by atoms with Crippen molar-refractivity contribution >= 4 is 28.5 Å². The molecular weight excluding hydrogens is 442 g/mol. The number of hydrogen-bond acceptors (Lipinski definition) is 4. The van der Waals surface area contributed by atoms with E-state index < -0.39 is 11.2 Å². The second-order valence-electron chi connectivity index (χ2n) is 7.98. The van der Waals surface area contributed by atoms with Gasteiger partial charge in [-0.2, -0.15) is 4.98 Å². The molecule has 8 nitrogen and oxygen atoms in total.